The highest BCUT2D eigenvalue weighted by Gasteiger charge is 2.20. The standard InChI is InChI=1S/C56H35NS2/c1-2-13-36(14-3-1)52-34-40(29-31-45(52)49-21-12-22-50-47-20-9-11-24-54(47)59-56(49)50)57(41-30-32-48-46-19-8-10-23-53(46)58-55(48)35-41)39-27-25-37(26-28-39)51-33-38-15-4-5-16-42(38)43-17-6-7-18-44(43)51/h1-35H. The van der Waals surface area contributed by atoms with E-state index in [1.807, 2.05) is 22.7 Å². The molecule has 0 amide bonds. The van der Waals surface area contributed by atoms with Crippen LogP contribution >= 0.6 is 22.7 Å². The lowest BCUT2D eigenvalue weighted by molar-refractivity contribution is 1.29. The van der Waals surface area contributed by atoms with Gasteiger partial charge in [0.05, 0.1) is 0 Å². The zero-order chi connectivity index (χ0) is 38.9. The summed E-state index contributed by atoms with van der Waals surface area (Å²) in [6.07, 6.45) is 0. The molecule has 12 aromatic rings. The summed E-state index contributed by atoms with van der Waals surface area (Å²) in [5, 5.41) is 10.3. The Balaban J connectivity index is 1.06. The van der Waals surface area contributed by atoms with E-state index < -0.39 is 0 Å². The number of nitrogens with zero attached hydrogens (tertiary/aromatic N) is 1. The summed E-state index contributed by atoms with van der Waals surface area (Å²) in [6.45, 7) is 0. The molecule has 0 aliphatic heterocycles. The third-order valence-corrected chi connectivity index (χ3v) is 14.2. The Morgan fingerprint density at radius 2 is 0.847 bits per heavy atom. The first kappa shape index (κ1) is 34.0. The first-order valence-electron chi connectivity index (χ1n) is 20.1. The zero-order valence-electron chi connectivity index (χ0n) is 32.0. The molecule has 0 N–H and O–H groups in total. The third kappa shape index (κ3) is 5.66. The molecule has 0 bridgehead atoms. The van der Waals surface area contributed by atoms with Gasteiger partial charge in [-0.1, -0.05) is 158 Å². The van der Waals surface area contributed by atoms with Crippen LogP contribution < -0.4 is 4.90 Å². The largest absolute Gasteiger partial charge is 0.310 e. The number of rotatable bonds is 6. The van der Waals surface area contributed by atoms with Crippen LogP contribution in [0.3, 0.4) is 0 Å². The number of thiophene rings is 2. The van der Waals surface area contributed by atoms with Crippen molar-refractivity contribution >= 4 is 102 Å². The number of benzene rings is 10. The number of hydrogen-bond donors (Lipinski definition) is 0. The first-order valence-corrected chi connectivity index (χ1v) is 21.7. The molecule has 0 atom stereocenters. The summed E-state index contributed by atoms with van der Waals surface area (Å²) in [7, 11) is 0. The highest BCUT2D eigenvalue weighted by atomic mass is 32.1. The topological polar surface area (TPSA) is 3.24 Å². The second-order valence-corrected chi connectivity index (χ2v) is 17.4. The lowest BCUT2D eigenvalue weighted by Gasteiger charge is -2.27. The monoisotopic (exact) mass is 785 g/mol. The van der Waals surface area contributed by atoms with Crippen molar-refractivity contribution in [3.8, 4) is 33.4 Å². The maximum atomic E-state index is 2.43. The van der Waals surface area contributed by atoms with E-state index in [2.05, 4.69) is 217 Å². The molecular weight excluding hydrogens is 751 g/mol. The van der Waals surface area contributed by atoms with Crippen molar-refractivity contribution in [1.82, 2.24) is 0 Å². The number of anilines is 3. The molecule has 0 aliphatic carbocycles. The van der Waals surface area contributed by atoms with E-state index >= 15 is 0 Å². The Kier molecular flexibility index (Phi) is 7.97. The lowest BCUT2D eigenvalue weighted by atomic mass is 9.92. The van der Waals surface area contributed by atoms with E-state index in [0.717, 1.165) is 17.1 Å². The molecule has 12 rings (SSSR count). The highest BCUT2D eigenvalue weighted by molar-refractivity contribution is 7.26. The summed E-state index contributed by atoms with van der Waals surface area (Å²) in [4.78, 5) is 2.43. The Bertz CT molecular complexity index is 3560. The van der Waals surface area contributed by atoms with Gasteiger partial charge in [0.25, 0.3) is 0 Å². The molecule has 59 heavy (non-hydrogen) atoms. The number of fused-ring (bicyclic) bond motifs is 9. The molecular formula is C56H35NS2. The van der Waals surface area contributed by atoms with Gasteiger partial charge in [-0.15, -0.1) is 22.7 Å². The fourth-order valence-electron chi connectivity index (χ4n) is 9.11. The van der Waals surface area contributed by atoms with Crippen molar-refractivity contribution < 1.29 is 0 Å². The molecule has 2 aromatic heterocycles. The SMILES string of the molecule is c1ccc(-c2cc(N(c3ccc(-c4cc5ccccc5c5ccccc45)cc3)c3ccc4c(c3)sc3ccccc34)ccc2-c2cccc3c2sc2ccccc23)cc1. The molecule has 0 spiro atoms. The molecule has 0 radical (unpaired) electrons. The Labute approximate surface area is 350 Å². The van der Waals surface area contributed by atoms with Crippen LogP contribution in [0.2, 0.25) is 0 Å². The van der Waals surface area contributed by atoms with E-state index in [1.165, 1.54) is 95.3 Å². The Morgan fingerprint density at radius 1 is 0.271 bits per heavy atom. The maximum Gasteiger partial charge on any atom is 0.0476 e. The Hall–Kier alpha value is -7.04. The quantitative estimate of drug-likeness (QED) is 0.152. The van der Waals surface area contributed by atoms with Crippen LogP contribution in [-0.2, 0) is 0 Å². The van der Waals surface area contributed by atoms with Crippen molar-refractivity contribution in [2.75, 3.05) is 4.90 Å². The van der Waals surface area contributed by atoms with Gasteiger partial charge >= 0.3 is 0 Å². The Morgan fingerprint density at radius 3 is 1.66 bits per heavy atom. The van der Waals surface area contributed by atoms with Gasteiger partial charge in [0.15, 0.2) is 0 Å². The fraction of sp³-hybridized carbons (Fsp3) is 0. The zero-order valence-corrected chi connectivity index (χ0v) is 33.6. The fourth-order valence-corrected chi connectivity index (χ4v) is 11.5. The summed E-state index contributed by atoms with van der Waals surface area (Å²) >= 11 is 3.75. The van der Waals surface area contributed by atoms with Crippen LogP contribution in [0.4, 0.5) is 17.1 Å². The van der Waals surface area contributed by atoms with E-state index in [9.17, 15) is 0 Å². The van der Waals surface area contributed by atoms with Crippen molar-refractivity contribution in [2.24, 2.45) is 0 Å². The highest BCUT2D eigenvalue weighted by Crippen LogP contribution is 2.47. The van der Waals surface area contributed by atoms with Crippen LogP contribution in [0.15, 0.2) is 212 Å². The van der Waals surface area contributed by atoms with Gasteiger partial charge in [0.2, 0.25) is 0 Å². The van der Waals surface area contributed by atoms with Crippen molar-refractivity contribution in [3.05, 3.63) is 212 Å². The van der Waals surface area contributed by atoms with Gasteiger partial charge < -0.3 is 4.90 Å². The van der Waals surface area contributed by atoms with Gasteiger partial charge in [-0.2, -0.15) is 0 Å². The molecule has 10 aromatic carbocycles. The predicted molar refractivity (Wildman–Crippen MR) is 258 cm³/mol. The molecule has 0 aliphatic rings. The van der Waals surface area contributed by atoms with Gasteiger partial charge in [-0.3, -0.25) is 0 Å². The van der Waals surface area contributed by atoms with Gasteiger partial charge in [-0.05, 0) is 104 Å². The van der Waals surface area contributed by atoms with Gasteiger partial charge in [0.1, 0.15) is 0 Å². The molecule has 276 valence electrons. The average Bonchev–Trinajstić information content (AvgIpc) is 3.88. The summed E-state index contributed by atoms with van der Waals surface area (Å²) in [5.74, 6) is 0. The molecule has 1 nitrogen and oxygen atoms in total. The van der Waals surface area contributed by atoms with Crippen molar-refractivity contribution in [1.29, 1.82) is 0 Å². The van der Waals surface area contributed by atoms with Crippen LogP contribution in [0.1, 0.15) is 0 Å². The van der Waals surface area contributed by atoms with E-state index in [-0.39, 0.29) is 0 Å². The second-order valence-electron chi connectivity index (χ2n) is 15.2. The van der Waals surface area contributed by atoms with Gasteiger partial charge in [0, 0.05) is 63.0 Å². The molecule has 0 saturated heterocycles. The van der Waals surface area contributed by atoms with E-state index in [4.69, 9.17) is 0 Å². The van der Waals surface area contributed by atoms with Crippen LogP contribution in [0, 0.1) is 0 Å². The van der Waals surface area contributed by atoms with Crippen LogP contribution in [0.5, 0.6) is 0 Å². The molecule has 2 heterocycles. The molecule has 0 saturated carbocycles. The summed E-state index contributed by atoms with van der Waals surface area (Å²) < 4.78 is 5.23. The van der Waals surface area contributed by atoms with Crippen LogP contribution in [0.25, 0.3) is 95.3 Å². The molecule has 0 unspecified atom stereocenters. The van der Waals surface area contributed by atoms with E-state index in [0.29, 0.717) is 0 Å². The average molecular weight is 786 g/mol. The smallest absolute Gasteiger partial charge is 0.0476 e. The first-order chi connectivity index (χ1) is 29.2. The van der Waals surface area contributed by atoms with E-state index in [1.54, 1.807) is 0 Å². The van der Waals surface area contributed by atoms with Gasteiger partial charge in [-0.25, -0.2) is 0 Å². The van der Waals surface area contributed by atoms with Crippen molar-refractivity contribution in [3.63, 3.8) is 0 Å². The van der Waals surface area contributed by atoms with Crippen molar-refractivity contribution in [2.45, 2.75) is 0 Å². The predicted octanol–water partition coefficient (Wildman–Crippen LogP) is 17.2. The minimum absolute atomic E-state index is 1.11. The minimum Gasteiger partial charge on any atom is -0.310 e. The maximum absolute atomic E-state index is 2.43. The van der Waals surface area contributed by atoms with Crippen LogP contribution in [-0.4, -0.2) is 0 Å². The number of hydrogen-bond acceptors (Lipinski definition) is 3. The normalized spacial score (nSPS) is 11.7. The minimum atomic E-state index is 1.11. The summed E-state index contributed by atoms with van der Waals surface area (Å²) in [6, 6.07) is 78.2. The second kappa shape index (κ2) is 13.8. The third-order valence-electron chi connectivity index (χ3n) is 11.9. The molecule has 3 heteroatoms. The lowest BCUT2D eigenvalue weighted by Crippen LogP contribution is -2.10. The molecule has 0 fully saturated rings. The summed E-state index contributed by atoms with van der Waals surface area (Å²) in [5.41, 5.74) is 10.7.